The molecule has 2 heterocycles. The molecule has 1 fully saturated rings. The Morgan fingerprint density at radius 2 is 1.87 bits per heavy atom. The number of hydrogen-bond acceptors (Lipinski definition) is 5. The number of piperidine rings is 1. The van der Waals surface area contributed by atoms with E-state index < -0.39 is 0 Å². The monoisotopic (exact) mass is 420 g/mol. The van der Waals surface area contributed by atoms with E-state index in [1.165, 1.54) is 6.07 Å². The van der Waals surface area contributed by atoms with Crippen molar-refractivity contribution in [2.45, 2.75) is 31.7 Å². The molecule has 4 rings (SSSR count). The number of hydrogen-bond donors (Lipinski definition) is 1. The second kappa shape index (κ2) is 9.55. The summed E-state index contributed by atoms with van der Waals surface area (Å²) in [5.74, 6) is 0.468. The maximum Gasteiger partial charge on any atom is 0.226 e. The molecule has 1 aromatic heterocycles. The van der Waals surface area contributed by atoms with Gasteiger partial charge in [0.25, 0.3) is 0 Å². The van der Waals surface area contributed by atoms with Crippen molar-refractivity contribution in [3.63, 3.8) is 0 Å². The van der Waals surface area contributed by atoms with Gasteiger partial charge in [0.1, 0.15) is 11.6 Å². The Morgan fingerprint density at radius 1 is 1.10 bits per heavy atom. The third-order valence-electron chi connectivity index (χ3n) is 5.47. The lowest BCUT2D eigenvalue weighted by atomic mass is 9.93. The summed E-state index contributed by atoms with van der Waals surface area (Å²) in [6.45, 7) is 0.910. The predicted molar refractivity (Wildman–Crippen MR) is 117 cm³/mol. The van der Waals surface area contributed by atoms with Crippen LogP contribution in [0.15, 0.2) is 60.8 Å². The van der Waals surface area contributed by atoms with Crippen molar-refractivity contribution in [2.75, 3.05) is 18.9 Å². The van der Waals surface area contributed by atoms with Gasteiger partial charge in [-0.05, 0) is 37.5 Å². The zero-order valence-electron chi connectivity index (χ0n) is 17.2. The lowest BCUT2D eigenvalue weighted by molar-refractivity contribution is -0.135. The molecular formula is C24H25FN4O2. The van der Waals surface area contributed by atoms with Crippen LogP contribution in [0.4, 0.5) is 10.3 Å². The van der Waals surface area contributed by atoms with Crippen LogP contribution in [0.25, 0.3) is 11.1 Å². The fourth-order valence-corrected chi connectivity index (χ4v) is 3.98. The Labute approximate surface area is 180 Å². The van der Waals surface area contributed by atoms with Crippen molar-refractivity contribution in [3.8, 4) is 16.9 Å². The topological polar surface area (TPSA) is 81.3 Å². The molecule has 0 radical (unpaired) electrons. The largest absolute Gasteiger partial charge is 0.493 e. The Balaban J connectivity index is 1.57. The summed E-state index contributed by atoms with van der Waals surface area (Å²) < 4.78 is 20.2. The molecule has 0 aliphatic carbocycles. The first-order chi connectivity index (χ1) is 15.1. The summed E-state index contributed by atoms with van der Waals surface area (Å²) in [5, 5.41) is 0. The predicted octanol–water partition coefficient (Wildman–Crippen LogP) is 4.39. The molecule has 2 N–H and O–H groups in total. The van der Waals surface area contributed by atoms with Crippen LogP contribution < -0.4 is 10.5 Å². The molecule has 0 saturated carbocycles. The van der Waals surface area contributed by atoms with E-state index in [0.29, 0.717) is 23.4 Å². The first-order valence-electron chi connectivity index (χ1n) is 10.5. The molecule has 2 aromatic carbocycles. The van der Waals surface area contributed by atoms with E-state index in [-0.39, 0.29) is 36.7 Å². The molecule has 31 heavy (non-hydrogen) atoms. The Morgan fingerprint density at radius 3 is 2.68 bits per heavy atom. The number of likely N-dealkylation sites (tertiary alicyclic amines) is 1. The fourth-order valence-electron chi connectivity index (χ4n) is 3.98. The molecule has 7 heteroatoms. The highest BCUT2D eigenvalue weighted by molar-refractivity contribution is 5.77. The van der Waals surface area contributed by atoms with Crippen molar-refractivity contribution in [1.29, 1.82) is 0 Å². The Hall–Kier alpha value is -3.48. The third kappa shape index (κ3) is 4.82. The molecule has 0 spiro atoms. The van der Waals surface area contributed by atoms with Crippen LogP contribution in [-0.4, -0.2) is 33.9 Å². The van der Waals surface area contributed by atoms with E-state index in [9.17, 15) is 9.18 Å². The number of carbonyl (C=O) groups excluding carboxylic acids is 1. The number of anilines is 1. The van der Waals surface area contributed by atoms with E-state index >= 15 is 0 Å². The van der Waals surface area contributed by atoms with Gasteiger partial charge in [-0.15, -0.1) is 0 Å². The molecule has 0 unspecified atom stereocenters. The van der Waals surface area contributed by atoms with E-state index in [1.807, 2.05) is 35.2 Å². The summed E-state index contributed by atoms with van der Waals surface area (Å²) in [7, 11) is 0. The van der Waals surface area contributed by atoms with Crippen molar-refractivity contribution in [2.24, 2.45) is 0 Å². The molecule has 6 nitrogen and oxygen atoms in total. The molecule has 1 aliphatic heterocycles. The average Bonchev–Trinajstić information content (AvgIpc) is 2.80. The molecule has 0 bridgehead atoms. The van der Waals surface area contributed by atoms with Crippen LogP contribution in [0.3, 0.4) is 0 Å². The van der Waals surface area contributed by atoms with Crippen LogP contribution in [0.2, 0.25) is 0 Å². The SMILES string of the molecule is Nc1ncc(-c2ccccc2F)c([C@@H]2CCCCN2C(=O)CCOc2ccccc2)n1. The minimum absolute atomic E-state index is 0.0164. The lowest BCUT2D eigenvalue weighted by Gasteiger charge is -2.36. The number of carbonyl (C=O) groups is 1. The minimum atomic E-state index is -0.359. The highest BCUT2D eigenvalue weighted by Crippen LogP contribution is 2.37. The number of para-hydroxylation sites is 1. The Kier molecular flexibility index (Phi) is 6.40. The number of halogens is 1. The second-order valence-corrected chi connectivity index (χ2v) is 7.52. The number of aromatic nitrogens is 2. The van der Waals surface area contributed by atoms with E-state index in [0.717, 1.165) is 25.0 Å². The number of amides is 1. The quantitative estimate of drug-likeness (QED) is 0.640. The molecular weight excluding hydrogens is 395 g/mol. The van der Waals surface area contributed by atoms with Gasteiger partial charge in [-0.3, -0.25) is 4.79 Å². The molecule has 1 amide bonds. The summed E-state index contributed by atoms with van der Waals surface area (Å²) in [5.41, 5.74) is 7.44. The standard InChI is InChI=1S/C24H25FN4O2/c25-20-11-5-4-10-18(20)19-16-27-24(26)28-23(19)21-12-6-7-14-29(21)22(30)13-15-31-17-8-2-1-3-9-17/h1-5,8-11,16,21H,6-7,12-15H2,(H2,26,27,28)/t21-/m0/s1. The number of nitrogens with two attached hydrogens (primary N) is 1. The number of benzene rings is 2. The van der Waals surface area contributed by atoms with Gasteiger partial charge in [-0.2, -0.15) is 0 Å². The zero-order chi connectivity index (χ0) is 21.6. The van der Waals surface area contributed by atoms with Gasteiger partial charge in [0.15, 0.2) is 0 Å². The van der Waals surface area contributed by atoms with Crippen LogP contribution >= 0.6 is 0 Å². The number of nitrogen functional groups attached to an aromatic ring is 1. The number of nitrogens with zero attached hydrogens (tertiary/aromatic N) is 3. The summed E-state index contributed by atoms with van der Waals surface area (Å²) in [6, 6.07) is 15.6. The number of ether oxygens (including phenoxy) is 1. The van der Waals surface area contributed by atoms with Crippen LogP contribution in [0.5, 0.6) is 5.75 Å². The highest BCUT2D eigenvalue weighted by atomic mass is 19.1. The lowest BCUT2D eigenvalue weighted by Crippen LogP contribution is -2.39. The van der Waals surface area contributed by atoms with Crippen LogP contribution in [0, 0.1) is 5.82 Å². The maximum absolute atomic E-state index is 14.5. The first kappa shape index (κ1) is 20.8. The van der Waals surface area contributed by atoms with Crippen LogP contribution in [0.1, 0.15) is 37.4 Å². The number of rotatable bonds is 6. The van der Waals surface area contributed by atoms with Gasteiger partial charge in [-0.1, -0.05) is 36.4 Å². The maximum atomic E-state index is 14.5. The highest BCUT2D eigenvalue weighted by Gasteiger charge is 2.31. The summed E-state index contributed by atoms with van der Waals surface area (Å²) in [4.78, 5) is 23.4. The van der Waals surface area contributed by atoms with Gasteiger partial charge in [-0.25, -0.2) is 14.4 Å². The van der Waals surface area contributed by atoms with Gasteiger partial charge < -0.3 is 15.4 Å². The average molecular weight is 420 g/mol. The minimum Gasteiger partial charge on any atom is -0.493 e. The zero-order valence-corrected chi connectivity index (χ0v) is 17.2. The van der Waals surface area contributed by atoms with E-state index in [4.69, 9.17) is 10.5 Å². The fraction of sp³-hybridized carbons (Fsp3) is 0.292. The molecule has 1 atom stereocenters. The van der Waals surface area contributed by atoms with Crippen LogP contribution in [-0.2, 0) is 4.79 Å². The van der Waals surface area contributed by atoms with E-state index in [1.54, 1.807) is 24.4 Å². The smallest absolute Gasteiger partial charge is 0.226 e. The van der Waals surface area contributed by atoms with Gasteiger partial charge in [0.2, 0.25) is 11.9 Å². The van der Waals surface area contributed by atoms with Crippen molar-refractivity contribution < 1.29 is 13.9 Å². The molecule has 1 aliphatic rings. The van der Waals surface area contributed by atoms with Gasteiger partial charge >= 0.3 is 0 Å². The summed E-state index contributed by atoms with van der Waals surface area (Å²) in [6.07, 6.45) is 4.41. The summed E-state index contributed by atoms with van der Waals surface area (Å²) >= 11 is 0. The third-order valence-corrected chi connectivity index (χ3v) is 5.47. The molecule has 1 saturated heterocycles. The first-order valence-corrected chi connectivity index (χ1v) is 10.5. The van der Waals surface area contributed by atoms with Gasteiger partial charge in [0.05, 0.1) is 24.8 Å². The van der Waals surface area contributed by atoms with Gasteiger partial charge in [0, 0.05) is 23.9 Å². The molecule has 160 valence electrons. The van der Waals surface area contributed by atoms with Crippen molar-refractivity contribution in [1.82, 2.24) is 14.9 Å². The normalized spacial score (nSPS) is 16.2. The van der Waals surface area contributed by atoms with E-state index in [2.05, 4.69) is 9.97 Å². The second-order valence-electron chi connectivity index (χ2n) is 7.52. The van der Waals surface area contributed by atoms with Crippen molar-refractivity contribution >= 4 is 11.9 Å². The molecule has 3 aromatic rings. The Bertz CT molecular complexity index is 1040. The van der Waals surface area contributed by atoms with Crippen molar-refractivity contribution in [3.05, 3.63) is 72.3 Å².